The number of hydrogen-bond donors (Lipinski definition) is 2. The Balaban J connectivity index is 2.73. The van der Waals surface area contributed by atoms with Crippen LogP contribution in [-0.2, 0) is 11.0 Å². The van der Waals surface area contributed by atoms with Crippen LogP contribution >= 0.6 is 11.6 Å². The number of carbonyl (C=O) groups excluding carboxylic acids is 1. The number of nitrogens with one attached hydrogen (secondary N) is 2. The fraction of sp³-hybridized carbons (Fsp3) is 0.467. The molecule has 0 radical (unpaired) electrons. The quantitative estimate of drug-likeness (QED) is 0.851. The molecular weight excluding hydrogens is 331 g/mol. The highest BCUT2D eigenvalue weighted by Crippen LogP contribution is 2.33. The molecule has 0 saturated carbocycles. The van der Waals surface area contributed by atoms with Crippen molar-refractivity contribution in [2.24, 2.45) is 5.92 Å². The van der Waals surface area contributed by atoms with E-state index in [0.29, 0.717) is 0 Å². The molecule has 126 valence electrons. The molecule has 0 spiro atoms. The zero-order valence-electron chi connectivity index (χ0n) is 12.9. The molecule has 1 rings (SSSR count). The Labute approximate surface area is 137 Å². The third-order valence-electron chi connectivity index (χ3n) is 3.52. The Morgan fingerprint density at radius 1 is 1.39 bits per heavy atom. The lowest BCUT2D eigenvalue weighted by Gasteiger charge is -2.27. The van der Waals surface area contributed by atoms with Gasteiger partial charge in [-0.2, -0.15) is 18.4 Å². The minimum Gasteiger partial charge on any atom is -0.375 e. The first-order valence-corrected chi connectivity index (χ1v) is 7.20. The minimum absolute atomic E-state index is 0.105. The molecule has 1 aromatic rings. The lowest BCUT2D eigenvalue weighted by atomic mass is 9.90. The molecule has 23 heavy (non-hydrogen) atoms. The number of carbonyl (C=O) groups is 1. The molecule has 1 atom stereocenters. The van der Waals surface area contributed by atoms with E-state index in [0.717, 1.165) is 18.2 Å². The Bertz CT molecular complexity index is 625. The SMILES string of the molecule is CC(C)C(C)(C#N)NC(=O)CNc1ccc(C(F)(F)F)cc1Cl. The van der Waals surface area contributed by atoms with Crippen molar-refractivity contribution in [3.05, 3.63) is 28.8 Å². The van der Waals surface area contributed by atoms with E-state index in [-0.39, 0.29) is 23.2 Å². The van der Waals surface area contributed by atoms with Crippen LogP contribution in [0.3, 0.4) is 0 Å². The number of amides is 1. The average Bonchev–Trinajstić information content (AvgIpc) is 2.44. The maximum atomic E-state index is 12.5. The van der Waals surface area contributed by atoms with Crippen molar-refractivity contribution in [2.75, 3.05) is 11.9 Å². The predicted molar refractivity (Wildman–Crippen MR) is 81.9 cm³/mol. The van der Waals surface area contributed by atoms with Crippen LogP contribution < -0.4 is 10.6 Å². The zero-order valence-corrected chi connectivity index (χ0v) is 13.6. The number of anilines is 1. The van der Waals surface area contributed by atoms with Gasteiger partial charge in [0.1, 0.15) is 5.54 Å². The summed E-state index contributed by atoms with van der Waals surface area (Å²) < 4.78 is 37.6. The second kappa shape index (κ2) is 7.09. The first kappa shape index (κ1) is 19.1. The van der Waals surface area contributed by atoms with E-state index < -0.39 is 23.2 Å². The Kier molecular flexibility index (Phi) is 5.89. The van der Waals surface area contributed by atoms with Crippen LogP contribution in [0.5, 0.6) is 0 Å². The van der Waals surface area contributed by atoms with Gasteiger partial charge >= 0.3 is 6.18 Å². The van der Waals surface area contributed by atoms with E-state index in [2.05, 4.69) is 10.6 Å². The van der Waals surface area contributed by atoms with Crippen molar-refractivity contribution in [3.8, 4) is 6.07 Å². The number of nitriles is 1. The van der Waals surface area contributed by atoms with Gasteiger partial charge in [-0.1, -0.05) is 25.4 Å². The molecule has 1 amide bonds. The highest BCUT2D eigenvalue weighted by atomic mass is 35.5. The largest absolute Gasteiger partial charge is 0.416 e. The lowest BCUT2D eigenvalue weighted by molar-refractivity contribution is -0.137. The van der Waals surface area contributed by atoms with E-state index in [1.165, 1.54) is 0 Å². The van der Waals surface area contributed by atoms with E-state index in [1.54, 1.807) is 20.8 Å². The standard InChI is InChI=1S/C15H17ClF3N3O/c1-9(2)14(3,8-20)22-13(23)7-21-12-5-4-10(6-11(12)16)15(17,18)19/h4-6,9,21H,7H2,1-3H3,(H,22,23). The summed E-state index contributed by atoms with van der Waals surface area (Å²) in [5, 5.41) is 14.2. The van der Waals surface area contributed by atoms with Crippen LogP contribution in [0.25, 0.3) is 0 Å². The summed E-state index contributed by atoms with van der Waals surface area (Å²) in [6, 6.07) is 4.85. The van der Waals surface area contributed by atoms with Gasteiger partial charge in [0.05, 0.1) is 28.9 Å². The summed E-state index contributed by atoms with van der Waals surface area (Å²) in [7, 11) is 0. The number of halogens is 4. The molecule has 0 aliphatic heterocycles. The van der Waals surface area contributed by atoms with E-state index >= 15 is 0 Å². The number of hydrogen-bond acceptors (Lipinski definition) is 3. The van der Waals surface area contributed by atoms with Crippen LogP contribution in [-0.4, -0.2) is 18.0 Å². The molecule has 0 heterocycles. The number of benzene rings is 1. The zero-order chi connectivity index (χ0) is 17.8. The summed E-state index contributed by atoms with van der Waals surface area (Å²) in [5.74, 6) is -0.565. The number of rotatable bonds is 5. The van der Waals surface area contributed by atoms with Crippen LogP contribution in [0, 0.1) is 17.2 Å². The first-order chi connectivity index (χ1) is 10.5. The molecular formula is C15H17ClF3N3O. The summed E-state index contributed by atoms with van der Waals surface area (Å²) in [6.07, 6.45) is -4.48. The number of nitrogens with zero attached hydrogens (tertiary/aromatic N) is 1. The molecule has 1 unspecified atom stereocenters. The summed E-state index contributed by atoms with van der Waals surface area (Å²) in [4.78, 5) is 11.9. The van der Waals surface area contributed by atoms with Gasteiger partial charge in [0.15, 0.2) is 0 Å². The Hall–Kier alpha value is -1.94. The van der Waals surface area contributed by atoms with Gasteiger partial charge in [0.25, 0.3) is 0 Å². The third-order valence-corrected chi connectivity index (χ3v) is 3.83. The fourth-order valence-corrected chi connectivity index (χ4v) is 1.89. The Morgan fingerprint density at radius 3 is 2.43 bits per heavy atom. The smallest absolute Gasteiger partial charge is 0.375 e. The van der Waals surface area contributed by atoms with Crippen LogP contribution in [0.1, 0.15) is 26.3 Å². The van der Waals surface area contributed by atoms with Gasteiger partial charge in [-0.05, 0) is 31.0 Å². The molecule has 4 nitrogen and oxygen atoms in total. The normalized spacial score (nSPS) is 14.0. The van der Waals surface area contributed by atoms with Gasteiger partial charge in [-0.15, -0.1) is 0 Å². The van der Waals surface area contributed by atoms with Crippen LogP contribution in [0.2, 0.25) is 5.02 Å². The van der Waals surface area contributed by atoms with E-state index in [1.807, 2.05) is 6.07 Å². The molecule has 0 aromatic heterocycles. The van der Waals surface area contributed by atoms with Gasteiger partial charge in [0.2, 0.25) is 5.91 Å². The first-order valence-electron chi connectivity index (χ1n) is 6.82. The van der Waals surface area contributed by atoms with Crippen molar-refractivity contribution < 1.29 is 18.0 Å². The predicted octanol–water partition coefficient (Wildman–Crippen LogP) is 3.83. The lowest BCUT2D eigenvalue weighted by Crippen LogP contribution is -2.50. The van der Waals surface area contributed by atoms with E-state index in [4.69, 9.17) is 16.9 Å². The second-order valence-corrected chi connectivity index (χ2v) is 5.97. The summed E-state index contributed by atoms with van der Waals surface area (Å²) in [5.41, 5.74) is -1.68. The maximum Gasteiger partial charge on any atom is 0.416 e. The highest BCUT2D eigenvalue weighted by Gasteiger charge is 2.31. The van der Waals surface area contributed by atoms with Gasteiger partial charge in [-0.3, -0.25) is 4.79 Å². The van der Waals surface area contributed by atoms with Crippen molar-refractivity contribution in [1.29, 1.82) is 5.26 Å². The van der Waals surface area contributed by atoms with Crippen molar-refractivity contribution in [1.82, 2.24) is 5.32 Å². The van der Waals surface area contributed by atoms with Crippen molar-refractivity contribution in [3.63, 3.8) is 0 Å². The molecule has 0 fully saturated rings. The molecule has 0 aliphatic carbocycles. The summed E-state index contributed by atoms with van der Waals surface area (Å²) in [6.45, 7) is 4.98. The Morgan fingerprint density at radius 2 is 2.00 bits per heavy atom. The number of alkyl halides is 3. The second-order valence-electron chi connectivity index (χ2n) is 5.56. The molecule has 0 saturated heterocycles. The molecule has 1 aromatic carbocycles. The minimum atomic E-state index is -4.48. The van der Waals surface area contributed by atoms with Crippen molar-refractivity contribution in [2.45, 2.75) is 32.5 Å². The van der Waals surface area contributed by atoms with Gasteiger partial charge < -0.3 is 10.6 Å². The van der Waals surface area contributed by atoms with Gasteiger partial charge in [-0.25, -0.2) is 0 Å². The molecule has 0 bridgehead atoms. The molecule has 0 aliphatic rings. The van der Waals surface area contributed by atoms with Crippen molar-refractivity contribution >= 4 is 23.2 Å². The molecule has 2 N–H and O–H groups in total. The van der Waals surface area contributed by atoms with Gasteiger partial charge in [0, 0.05) is 0 Å². The van der Waals surface area contributed by atoms with E-state index in [9.17, 15) is 18.0 Å². The average molecular weight is 348 g/mol. The van der Waals surface area contributed by atoms with Crippen LogP contribution in [0.15, 0.2) is 18.2 Å². The monoisotopic (exact) mass is 347 g/mol. The third kappa shape index (κ3) is 5.03. The molecule has 8 heteroatoms. The fourth-order valence-electron chi connectivity index (χ4n) is 1.65. The van der Waals surface area contributed by atoms with Crippen LogP contribution in [0.4, 0.5) is 18.9 Å². The highest BCUT2D eigenvalue weighted by molar-refractivity contribution is 6.33. The maximum absolute atomic E-state index is 12.5. The summed E-state index contributed by atoms with van der Waals surface area (Å²) >= 11 is 5.78. The topological polar surface area (TPSA) is 64.9 Å².